The van der Waals surface area contributed by atoms with Crippen molar-refractivity contribution in [1.29, 1.82) is 0 Å². The van der Waals surface area contributed by atoms with Gasteiger partial charge in [-0.05, 0) is 12.2 Å². The molecule has 0 fully saturated rings. The molecule has 11 heavy (non-hydrogen) atoms. The number of hydrogen-bond donors (Lipinski definition) is 1. The summed E-state index contributed by atoms with van der Waals surface area (Å²) in [4.78, 5) is 14.4. The van der Waals surface area contributed by atoms with Gasteiger partial charge in [-0.2, -0.15) is 0 Å². The molecule has 1 amide bonds. The van der Waals surface area contributed by atoms with E-state index in [9.17, 15) is 4.79 Å². The van der Waals surface area contributed by atoms with Crippen molar-refractivity contribution in [1.82, 2.24) is 10.4 Å². The molecule has 0 aromatic heterocycles. The van der Waals surface area contributed by atoms with Gasteiger partial charge in [0.25, 0.3) is 0 Å². The molecule has 0 saturated carbocycles. The Labute approximate surface area is 64.9 Å². The number of nitrogens with one attached hydrogen (secondary N) is 1. The number of rotatable bonds is 1. The van der Waals surface area contributed by atoms with Gasteiger partial charge >= 0.3 is 0 Å². The van der Waals surface area contributed by atoms with Gasteiger partial charge in [-0.15, -0.1) is 0 Å². The zero-order valence-corrected chi connectivity index (χ0v) is 6.19. The number of hydrazine groups is 1. The van der Waals surface area contributed by atoms with Crippen molar-refractivity contribution in [2.45, 2.75) is 6.92 Å². The third-order valence-electron chi connectivity index (χ3n) is 1.01. The molecule has 1 heterocycles. The monoisotopic (exact) mass is 151 g/mol. The fourth-order valence-corrected chi connectivity index (χ4v) is 0.639. The third kappa shape index (κ3) is 2.66. The number of aliphatic imine (C=N–C) groups is 1. The van der Waals surface area contributed by atoms with Crippen molar-refractivity contribution in [3.05, 3.63) is 24.6 Å². The van der Waals surface area contributed by atoms with Crippen LogP contribution >= 0.6 is 0 Å². The Morgan fingerprint density at radius 2 is 2.36 bits per heavy atom. The lowest BCUT2D eigenvalue weighted by molar-refractivity contribution is -0.121. The molecule has 0 bridgehead atoms. The van der Waals surface area contributed by atoms with Gasteiger partial charge in [-0.25, -0.2) is 4.99 Å². The summed E-state index contributed by atoms with van der Waals surface area (Å²) in [6.45, 7) is 1.44. The van der Waals surface area contributed by atoms with Crippen molar-refractivity contribution in [2.75, 3.05) is 0 Å². The summed E-state index contributed by atoms with van der Waals surface area (Å²) in [5, 5.41) is 1.49. The van der Waals surface area contributed by atoms with E-state index in [-0.39, 0.29) is 5.91 Å². The van der Waals surface area contributed by atoms with E-state index in [2.05, 4.69) is 10.4 Å². The zero-order chi connectivity index (χ0) is 8.10. The van der Waals surface area contributed by atoms with Gasteiger partial charge in [-0.1, -0.05) is 0 Å². The summed E-state index contributed by atoms with van der Waals surface area (Å²) in [6.07, 6.45) is 8.41. The maximum absolute atomic E-state index is 10.6. The van der Waals surface area contributed by atoms with E-state index in [4.69, 9.17) is 0 Å². The van der Waals surface area contributed by atoms with Gasteiger partial charge in [0.1, 0.15) is 6.34 Å². The molecule has 0 aliphatic carbocycles. The molecule has 1 rings (SSSR count). The molecule has 1 aliphatic rings. The highest BCUT2D eigenvalue weighted by Crippen LogP contribution is 1.88. The summed E-state index contributed by atoms with van der Waals surface area (Å²) >= 11 is 0. The minimum atomic E-state index is -0.122. The fourth-order valence-electron chi connectivity index (χ4n) is 0.639. The highest BCUT2D eigenvalue weighted by molar-refractivity contribution is 5.75. The minimum Gasteiger partial charge on any atom is -0.274 e. The van der Waals surface area contributed by atoms with Crippen LogP contribution in [-0.4, -0.2) is 17.3 Å². The normalized spacial score (nSPS) is 14.8. The number of carbonyl (C=O) groups excluding carboxylic acids is 1. The van der Waals surface area contributed by atoms with E-state index in [1.54, 1.807) is 24.6 Å². The Bertz CT molecular complexity index is 214. The van der Waals surface area contributed by atoms with Crippen LogP contribution in [-0.2, 0) is 4.79 Å². The third-order valence-corrected chi connectivity index (χ3v) is 1.01. The minimum absolute atomic E-state index is 0.122. The van der Waals surface area contributed by atoms with Crippen molar-refractivity contribution in [2.24, 2.45) is 4.99 Å². The van der Waals surface area contributed by atoms with Gasteiger partial charge in [0.15, 0.2) is 0 Å². The molecule has 0 atom stereocenters. The van der Waals surface area contributed by atoms with Crippen LogP contribution in [0.4, 0.5) is 0 Å². The van der Waals surface area contributed by atoms with Crippen LogP contribution in [0.15, 0.2) is 29.5 Å². The van der Waals surface area contributed by atoms with Crippen LogP contribution in [0.1, 0.15) is 6.92 Å². The quantitative estimate of drug-likeness (QED) is 0.590. The molecular weight excluding hydrogens is 142 g/mol. The number of nitrogens with zero attached hydrogens (tertiary/aromatic N) is 2. The lowest BCUT2D eigenvalue weighted by atomic mass is 10.6. The van der Waals surface area contributed by atoms with Crippen LogP contribution in [0.3, 0.4) is 0 Å². The van der Waals surface area contributed by atoms with Gasteiger partial charge in [-0.3, -0.25) is 15.2 Å². The molecule has 1 N–H and O–H groups in total. The van der Waals surface area contributed by atoms with E-state index in [0.29, 0.717) is 0 Å². The molecule has 58 valence electrons. The molecule has 1 aliphatic heterocycles. The number of hydrogen-bond acceptors (Lipinski definition) is 3. The number of carbonyl (C=O) groups is 1. The second kappa shape index (κ2) is 3.55. The Hall–Kier alpha value is -1.58. The average Bonchev–Trinajstić information content (AvgIpc) is 2.14. The number of amides is 1. The van der Waals surface area contributed by atoms with Crippen LogP contribution in [0.5, 0.6) is 0 Å². The van der Waals surface area contributed by atoms with Crippen LogP contribution in [0.25, 0.3) is 0 Å². The molecule has 4 heteroatoms. The van der Waals surface area contributed by atoms with Gasteiger partial charge in [0.05, 0.1) is 0 Å². The summed E-state index contributed by atoms with van der Waals surface area (Å²) in [5.74, 6) is -0.122. The predicted octanol–water partition coefficient (Wildman–Crippen LogP) is 0.409. The summed E-state index contributed by atoms with van der Waals surface area (Å²) in [7, 11) is 0. The summed E-state index contributed by atoms with van der Waals surface area (Å²) < 4.78 is 0. The first kappa shape index (κ1) is 7.53. The molecule has 0 spiro atoms. The zero-order valence-electron chi connectivity index (χ0n) is 6.19. The van der Waals surface area contributed by atoms with Crippen molar-refractivity contribution in [3.63, 3.8) is 0 Å². The van der Waals surface area contributed by atoms with Crippen LogP contribution < -0.4 is 5.43 Å². The molecule has 4 nitrogen and oxygen atoms in total. The molecule has 0 aromatic rings. The maximum atomic E-state index is 10.6. The first-order chi connectivity index (χ1) is 5.29. The first-order valence-electron chi connectivity index (χ1n) is 3.21. The second-order valence-electron chi connectivity index (χ2n) is 2.02. The Morgan fingerprint density at radius 3 is 3.09 bits per heavy atom. The van der Waals surface area contributed by atoms with Crippen LogP contribution in [0, 0.1) is 0 Å². The van der Waals surface area contributed by atoms with Gasteiger partial charge in [0.2, 0.25) is 5.91 Å². The van der Waals surface area contributed by atoms with E-state index in [1.165, 1.54) is 18.3 Å². The summed E-state index contributed by atoms with van der Waals surface area (Å²) in [6, 6.07) is 0. The summed E-state index contributed by atoms with van der Waals surface area (Å²) in [5.41, 5.74) is 2.54. The lowest BCUT2D eigenvalue weighted by Gasteiger charge is -2.12. The predicted molar refractivity (Wildman–Crippen MR) is 42.4 cm³/mol. The molecule has 0 unspecified atom stereocenters. The second-order valence-corrected chi connectivity index (χ2v) is 2.02. The van der Waals surface area contributed by atoms with E-state index in [1.807, 2.05) is 0 Å². The Balaban J connectivity index is 2.53. The topological polar surface area (TPSA) is 44.7 Å². The highest BCUT2D eigenvalue weighted by Gasteiger charge is 1.95. The average molecular weight is 151 g/mol. The molecular formula is C7H9N3O. The van der Waals surface area contributed by atoms with Gasteiger partial charge < -0.3 is 0 Å². The highest BCUT2D eigenvalue weighted by atomic mass is 16.2. The van der Waals surface area contributed by atoms with E-state index in [0.717, 1.165) is 0 Å². The Morgan fingerprint density at radius 1 is 1.55 bits per heavy atom. The molecule has 0 aromatic carbocycles. The van der Waals surface area contributed by atoms with E-state index < -0.39 is 0 Å². The Kier molecular flexibility index (Phi) is 2.43. The number of allylic oxidation sites excluding steroid dienone is 2. The molecule has 0 saturated heterocycles. The maximum Gasteiger partial charge on any atom is 0.235 e. The van der Waals surface area contributed by atoms with Crippen molar-refractivity contribution >= 4 is 12.2 Å². The molecule has 0 radical (unpaired) electrons. The van der Waals surface area contributed by atoms with Crippen LogP contribution in [0.2, 0.25) is 0 Å². The van der Waals surface area contributed by atoms with E-state index >= 15 is 0 Å². The van der Waals surface area contributed by atoms with Crippen molar-refractivity contribution in [3.8, 4) is 0 Å². The fraction of sp³-hybridized carbons (Fsp3) is 0.143. The lowest BCUT2D eigenvalue weighted by Crippen LogP contribution is -2.35. The first-order valence-corrected chi connectivity index (χ1v) is 3.21. The largest absolute Gasteiger partial charge is 0.274 e. The van der Waals surface area contributed by atoms with Gasteiger partial charge in [0, 0.05) is 19.3 Å². The SMILES string of the molecule is CC(=O)NN1C=CC=CN=C1. The van der Waals surface area contributed by atoms with Crippen molar-refractivity contribution < 1.29 is 4.79 Å². The standard InChI is InChI=1S/C7H9N3O/c1-7(11)9-10-5-3-2-4-8-6-10/h2-6H,1H3,(H,9,11). The smallest absolute Gasteiger partial charge is 0.235 e.